The Balaban J connectivity index is 1.93. The smallest absolute Gasteiger partial charge is 0.172 e. The number of anilines is 1. The lowest BCUT2D eigenvalue weighted by molar-refractivity contribution is 0.318. The Labute approximate surface area is 113 Å². The molecule has 3 N–H and O–H groups in total. The van der Waals surface area contributed by atoms with E-state index in [0.717, 1.165) is 36.2 Å². The molecule has 0 spiro atoms. The Morgan fingerprint density at radius 1 is 1.32 bits per heavy atom. The second-order valence-corrected chi connectivity index (χ2v) is 5.86. The van der Waals surface area contributed by atoms with Crippen LogP contribution in [0, 0.1) is 18.8 Å². The van der Waals surface area contributed by atoms with Crippen molar-refractivity contribution >= 4 is 11.5 Å². The number of benzene rings is 1. The van der Waals surface area contributed by atoms with Crippen LogP contribution in [0.4, 0.5) is 5.69 Å². The number of nitrogens with two attached hydrogens (primary N) is 1. The summed E-state index contributed by atoms with van der Waals surface area (Å²) in [5.74, 6) is 1.87. The van der Waals surface area contributed by atoms with Gasteiger partial charge in [-0.1, -0.05) is 17.6 Å². The molecule has 19 heavy (non-hydrogen) atoms. The van der Waals surface area contributed by atoms with Gasteiger partial charge >= 0.3 is 0 Å². The number of fused-ring (bicyclic) bond motifs is 1. The predicted molar refractivity (Wildman–Crippen MR) is 76.7 cm³/mol. The highest BCUT2D eigenvalue weighted by Gasteiger charge is 2.36. The van der Waals surface area contributed by atoms with Crippen LogP contribution in [0.15, 0.2) is 23.4 Å². The fourth-order valence-electron chi connectivity index (χ4n) is 3.61. The van der Waals surface area contributed by atoms with E-state index in [1.54, 1.807) is 0 Å². The number of rotatable bonds is 2. The average molecular weight is 259 g/mol. The first kappa shape index (κ1) is 12.3. The van der Waals surface area contributed by atoms with E-state index in [2.05, 4.69) is 23.0 Å². The maximum Gasteiger partial charge on any atom is 0.172 e. The van der Waals surface area contributed by atoms with Crippen molar-refractivity contribution in [3.8, 4) is 0 Å². The summed E-state index contributed by atoms with van der Waals surface area (Å²) in [6.07, 6.45) is 4.09. The number of aryl methyl sites for hydroxylation is 1. The van der Waals surface area contributed by atoms with Crippen LogP contribution in [-0.2, 0) is 0 Å². The van der Waals surface area contributed by atoms with Gasteiger partial charge in [-0.25, -0.2) is 0 Å². The Bertz CT molecular complexity index is 500. The summed E-state index contributed by atoms with van der Waals surface area (Å²) in [5.41, 5.74) is 8.97. The summed E-state index contributed by atoms with van der Waals surface area (Å²) in [7, 11) is 0. The van der Waals surface area contributed by atoms with Crippen molar-refractivity contribution in [1.82, 2.24) is 0 Å². The summed E-state index contributed by atoms with van der Waals surface area (Å²) in [4.78, 5) is 2.41. The standard InChI is InChI=1S/C15H21N3O/c1-10-5-6-13(15(16)17-19)14(7-10)18-8-11-3-2-4-12(11)9-18/h5-7,11-12,19H,2-4,8-9H2,1H3,(H2,16,17). The lowest BCUT2D eigenvalue weighted by Gasteiger charge is -2.23. The van der Waals surface area contributed by atoms with E-state index in [1.165, 1.54) is 24.8 Å². The van der Waals surface area contributed by atoms with Crippen LogP contribution >= 0.6 is 0 Å². The van der Waals surface area contributed by atoms with Gasteiger partial charge in [-0.2, -0.15) is 0 Å². The highest BCUT2D eigenvalue weighted by molar-refractivity contribution is 6.02. The highest BCUT2D eigenvalue weighted by atomic mass is 16.4. The van der Waals surface area contributed by atoms with Crippen LogP contribution in [0.5, 0.6) is 0 Å². The number of amidine groups is 1. The molecular weight excluding hydrogens is 238 g/mol. The summed E-state index contributed by atoms with van der Waals surface area (Å²) < 4.78 is 0. The second-order valence-electron chi connectivity index (χ2n) is 5.86. The number of oxime groups is 1. The minimum atomic E-state index is 0.201. The van der Waals surface area contributed by atoms with Crippen molar-refractivity contribution in [1.29, 1.82) is 0 Å². The SMILES string of the molecule is Cc1ccc(/C(N)=N/O)c(N2CC3CCCC3C2)c1. The van der Waals surface area contributed by atoms with Crippen LogP contribution in [0.25, 0.3) is 0 Å². The van der Waals surface area contributed by atoms with Crippen molar-refractivity contribution in [3.05, 3.63) is 29.3 Å². The molecule has 0 amide bonds. The molecular formula is C15H21N3O. The maximum atomic E-state index is 8.93. The van der Waals surface area contributed by atoms with Crippen molar-refractivity contribution in [2.45, 2.75) is 26.2 Å². The van der Waals surface area contributed by atoms with Gasteiger partial charge < -0.3 is 15.8 Å². The number of hydrogen-bond donors (Lipinski definition) is 2. The van der Waals surface area contributed by atoms with E-state index in [1.807, 2.05) is 12.1 Å². The fourth-order valence-corrected chi connectivity index (χ4v) is 3.61. The third-order valence-electron chi connectivity index (χ3n) is 4.60. The maximum absolute atomic E-state index is 8.93. The minimum Gasteiger partial charge on any atom is -0.409 e. The van der Waals surface area contributed by atoms with Crippen LogP contribution in [0.1, 0.15) is 30.4 Å². The van der Waals surface area contributed by atoms with Gasteiger partial charge in [0.05, 0.1) is 0 Å². The zero-order valence-corrected chi connectivity index (χ0v) is 11.3. The van der Waals surface area contributed by atoms with Gasteiger partial charge in [-0.15, -0.1) is 0 Å². The molecule has 1 saturated heterocycles. The molecule has 2 unspecified atom stereocenters. The summed E-state index contributed by atoms with van der Waals surface area (Å²) in [6.45, 7) is 4.30. The van der Waals surface area contributed by atoms with E-state index in [9.17, 15) is 0 Å². The Hall–Kier alpha value is -1.71. The average Bonchev–Trinajstić information content (AvgIpc) is 2.98. The van der Waals surface area contributed by atoms with Crippen LogP contribution in [0.3, 0.4) is 0 Å². The third kappa shape index (κ3) is 2.15. The molecule has 4 heteroatoms. The third-order valence-corrected chi connectivity index (χ3v) is 4.60. The molecule has 2 aliphatic rings. The minimum absolute atomic E-state index is 0.201. The predicted octanol–water partition coefficient (Wildman–Crippen LogP) is 2.33. The van der Waals surface area contributed by atoms with Crippen LogP contribution in [-0.4, -0.2) is 24.1 Å². The fraction of sp³-hybridized carbons (Fsp3) is 0.533. The first-order valence-electron chi connectivity index (χ1n) is 7.02. The first-order valence-corrected chi connectivity index (χ1v) is 7.02. The van der Waals surface area contributed by atoms with Crippen molar-refractivity contribution in [2.24, 2.45) is 22.7 Å². The molecule has 2 atom stereocenters. The van der Waals surface area contributed by atoms with Crippen molar-refractivity contribution < 1.29 is 5.21 Å². The van der Waals surface area contributed by atoms with Crippen molar-refractivity contribution in [3.63, 3.8) is 0 Å². The lowest BCUT2D eigenvalue weighted by atomic mass is 10.0. The molecule has 0 aromatic heterocycles. The lowest BCUT2D eigenvalue weighted by Crippen LogP contribution is -2.25. The van der Waals surface area contributed by atoms with Gasteiger partial charge in [0, 0.05) is 24.3 Å². The van der Waals surface area contributed by atoms with Gasteiger partial charge in [0.2, 0.25) is 0 Å². The molecule has 1 aromatic carbocycles. The van der Waals surface area contributed by atoms with Gasteiger partial charge in [0.25, 0.3) is 0 Å². The normalized spacial score (nSPS) is 26.8. The molecule has 102 valence electrons. The monoisotopic (exact) mass is 259 g/mol. The molecule has 1 aromatic rings. The summed E-state index contributed by atoms with van der Waals surface area (Å²) >= 11 is 0. The van der Waals surface area contributed by atoms with E-state index >= 15 is 0 Å². The van der Waals surface area contributed by atoms with Gasteiger partial charge in [-0.3, -0.25) is 0 Å². The van der Waals surface area contributed by atoms with E-state index < -0.39 is 0 Å². The van der Waals surface area contributed by atoms with Gasteiger partial charge in [0.15, 0.2) is 5.84 Å². The molecule has 2 fully saturated rings. The summed E-state index contributed by atoms with van der Waals surface area (Å²) in [5, 5.41) is 12.1. The van der Waals surface area contributed by atoms with Gasteiger partial charge in [0.1, 0.15) is 0 Å². The van der Waals surface area contributed by atoms with E-state index in [-0.39, 0.29) is 5.84 Å². The van der Waals surface area contributed by atoms with Crippen LogP contribution in [0.2, 0.25) is 0 Å². The Morgan fingerprint density at radius 3 is 2.63 bits per heavy atom. The summed E-state index contributed by atoms with van der Waals surface area (Å²) in [6, 6.07) is 6.11. The molecule has 1 heterocycles. The molecule has 1 saturated carbocycles. The topological polar surface area (TPSA) is 61.9 Å². The Morgan fingerprint density at radius 2 is 2.00 bits per heavy atom. The first-order chi connectivity index (χ1) is 9.19. The number of nitrogens with zero attached hydrogens (tertiary/aromatic N) is 2. The number of hydrogen-bond acceptors (Lipinski definition) is 3. The zero-order valence-electron chi connectivity index (χ0n) is 11.3. The highest BCUT2D eigenvalue weighted by Crippen LogP contribution is 2.40. The molecule has 4 nitrogen and oxygen atoms in total. The zero-order chi connectivity index (χ0) is 13.4. The quantitative estimate of drug-likeness (QED) is 0.371. The molecule has 0 radical (unpaired) electrons. The molecule has 1 aliphatic heterocycles. The molecule has 0 bridgehead atoms. The molecule has 1 aliphatic carbocycles. The van der Waals surface area contributed by atoms with E-state index in [4.69, 9.17) is 10.9 Å². The second kappa shape index (κ2) is 4.76. The van der Waals surface area contributed by atoms with Crippen molar-refractivity contribution in [2.75, 3.05) is 18.0 Å². The van der Waals surface area contributed by atoms with E-state index in [0.29, 0.717) is 0 Å². The molecule has 3 rings (SSSR count). The Kier molecular flexibility index (Phi) is 3.09. The van der Waals surface area contributed by atoms with Crippen LogP contribution < -0.4 is 10.6 Å². The largest absolute Gasteiger partial charge is 0.409 e. The van der Waals surface area contributed by atoms with Gasteiger partial charge in [-0.05, 0) is 49.3 Å².